The van der Waals surface area contributed by atoms with Gasteiger partial charge in [-0.1, -0.05) is 18.2 Å². The van der Waals surface area contributed by atoms with E-state index in [0.717, 1.165) is 27.8 Å². The molecule has 1 atom stereocenters. The van der Waals surface area contributed by atoms with Crippen molar-refractivity contribution in [1.82, 2.24) is 14.5 Å². The predicted molar refractivity (Wildman–Crippen MR) is 120 cm³/mol. The SMILES string of the molecule is Cn1c(CO)nc2nc(-c3ccc(F)cc3)c([C@@H]3C=CN=CC3)c(-c3ccc(F)cc3)c21. The fourth-order valence-corrected chi connectivity index (χ4v) is 4.22. The smallest absolute Gasteiger partial charge is 0.179 e. The molecule has 0 spiro atoms. The number of aryl methyl sites for hydroxylation is 1. The monoisotopic (exact) mass is 430 g/mol. The summed E-state index contributed by atoms with van der Waals surface area (Å²) in [6, 6.07) is 12.5. The second-order valence-electron chi connectivity index (χ2n) is 7.70. The predicted octanol–water partition coefficient (Wildman–Crippen LogP) is 5.14. The molecule has 0 saturated carbocycles. The van der Waals surface area contributed by atoms with Crippen LogP contribution < -0.4 is 0 Å². The van der Waals surface area contributed by atoms with Crippen LogP contribution in [0.25, 0.3) is 33.5 Å². The Labute approximate surface area is 183 Å². The minimum Gasteiger partial charge on any atom is -0.388 e. The maximum Gasteiger partial charge on any atom is 0.179 e. The highest BCUT2D eigenvalue weighted by Gasteiger charge is 2.26. The van der Waals surface area contributed by atoms with E-state index in [1.165, 1.54) is 24.3 Å². The van der Waals surface area contributed by atoms with Crippen LogP contribution in [0.2, 0.25) is 0 Å². The second kappa shape index (κ2) is 8.09. The van der Waals surface area contributed by atoms with Gasteiger partial charge in [-0.2, -0.15) is 0 Å². The molecule has 1 N–H and O–H groups in total. The number of benzene rings is 2. The quantitative estimate of drug-likeness (QED) is 0.487. The van der Waals surface area contributed by atoms with Crippen LogP contribution >= 0.6 is 0 Å². The molecule has 7 heteroatoms. The van der Waals surface area contributed by atoms with Crippen LogP contribution in [0.5, 0.6) is 0 Å². The Morgan fingerprint density at radius 3 is 2.22 bits per heavy atom. The van der Waals surface area contributed by atoms with Crippen LogP contribution in [0.4, 0.5) is 8.78 Å². The van der Waals surface area contributed by atoms with Gasteiger partial charge in [0.15, 0.2) is 5.65 Å². The number of hydrogen-bond acceptors (Lipinski definition) is 4. The van der Waals surface area contributed by atoms with Crippen molar-refractivity contribution in [2.75, 3.05) is 0 Å². The number of nitrogens with zero attached hydrogens (tertiary/aromatic N) is 4. The van der Waals surface area contributed by atoms with Crippen molar-refractivity contribution in [3.63, 3.8) is 0 Å². The van der Waals surface area contributed by atoms with Gasteiger partial charge in [-0.05, 0) is 53.9 Å². The highest BCUT2D eigenvalue weighted by Crippen LogP contribution is 2.43. The summed E-state index contributed by atoms with van der Waals surface area (Å²) in [7, 11) is 1.83. The van der Waals surface area contributed by atoms with Crippen molar-refractivity contribution in [1.29, 1.82) is 0 Å². The number of imidazole rings is 1. The second-order valence-corrected chi connectivity index (χ2v) is 7.70. The van der Waals surface area contributed by atoms with Gasteiger partial charge in [-0.3, -0.25) is 4.99 Å². The van der Waals surface area contributed by atoms with Crippen molar-refractivity contribution in [3.8, 4) is 22.4 Å². The summed E-state index contributed by atoms with van der Waals surface area (Å²) >= 11 is 0. The van der Waals surface area contributed by atoms with Crippen LogP contribution in [-0.4, -0.2) is 25.9 Å². The Hall–Kier alpha value is -3.71. The Morgan fingerprint density at radius 2 is 1.62 bits per heavy atom. The zero-order valence-electron chi connectivity index (χ0n) is 17.3. The fourth-order valence-electron chi connectivity index (χ4n) is 4.22. The Balaban J connectivity index is 1.92. The lowest BCUT2D eigenvalue weighted by atomic mass is 9.84. The van der Waals surface area contributed by atoms with Crippen molar-refractivity contribution in [2.24, 2.45) is 12.0 Å². The lowest BCUT2D eigenvalue weighted by Crippen LogP contribution is -2.08. The van der Waals surface area contributed by atoms with E-state index in [1.807, 2.05) is 23.9 Å². The summed E-state index contributed by atoms with van der Waals surface area (Å²) in [5.41, 5.74) is 5.22. The molecular weight excluding hydrogens is 410 g/mol. The third kappa shape index (κ3) is 3.40. The number of aliphatic hydroxyl groups excluding tert-OH is 1. The number of aliphatic imine (C=N–C) groups is 1. The van der Waals surface area contributed by atoms with Gasteiger partial charge < -0.3 is 9.67 Å². The normalized spacial score (nSPS) is 15.6. The van der Waals surface area contributed by atoms with Crippen LogP contribution in [0.15, 0.2) is 65.8 Å². The number of allylic oxidation sites excluding steroid dienone is 1. The molecule has 5 rings (SSSR count). The highest BCUT2D eigenvalue weighted by molar-refractivity contribution is 5.97. The zero-order chi connectivity index (χ0) is 22.2. The molecule has 0 amide bonds. The molecule has 0 unspecified atom stereocenters. The van der Waals surface area contributed by atoms with Crippen LogP contribution in [0.1, 0.15) is 23.7 Å². The number of fused-ring (bicyclic) bond motifs is 1. The molecule has 0 bridgehead atoms. The Morgan fingerprint density at radius 1 is 0.969 bits per heavy atom. The number of aliphatic hydroxyl groups is 1. The number of rotatable bonds is 4. The highest BCUT2D eigenvalue weighted by atomic mass is 19.1. The van der Waals surface area contributed by atoms with E-state index in [4.69, 9.17) is 4.98 Å². The summed E-state index contributed by atoms with van der Waals surface area (Å²) in [5, 5.41) is 9.82. The van der Waals surface area contributed by atoms with Gasteiger partial charge in [0.1, 0.15) is 24.1 Å². The third-order valence-electron chi connectivity index (χ3n) is 5.78. The summed E-state index contributed by atoms with van der Waals surface area (Å²) in [5.74, 6) is -0.235. The number of aromatic nitrogens is 3. The van der Waals surface area contributed by atoms with E-state index in [-0.39, 0.29) is 24.2 Å². The average Bonchev–Trinajstić information content (AvgIpc) is 3.15. The molecule has 5 nitrogen and oxygen atoms in total. The molecule has 0 fully saturated rings. The first kappa shape index (κ1) is 20.2. The van der Waals surface area contributed by atoms with Gasteiger partial charge >= 0.3 is 0 Å². The zero-order valence-corrected chi connectivity index (χ0v) is 17.3. The molecule has 3 heterocycles. The summed E-state index contributed by atoms with van der Waals surface area (Å²) < 4.78 is 29.3. The molecule has 160 valence electrons. The largest absolute Gasteiger partial charge is 0.388 e. The van der Waals surface area contributed by atoms with E-state index in [1.54, 1.807) is 30.5 Å². The molecule has 2 aromatic heterocycles. The first-order valence-electron chi connectivity index (χ1n) is 10.3. The molecule has 4 aromatic rings. The number of pyridine rings is 1. The summed E-state index contributed by atoms with van der Waals surface area (Å²) in [6.07, 6.45) is 6.27. The Bertz CT molecular complexity index is 1360. The van der Waals surface area contributed by atoms with Crippen LogP contribution in [0, 0.1) is 11.6 Å². The lowest BCUT2D eigenvalue weighted by molar-refractivity contribution is 0.268. The maximum atomic E-state index is 13.8. The first-order valence-corrected chi connectivity index (χ1v) is 10.3. The van der Waals surface area contributed by atoms with Gasteiger partial charge in [-0.15, -0.1) is 0 Å². The molecular formula is C25H20F2N4O. The topological polar surface area (TPSA) is 63.3 Å². The van der Waals surface area contributed by atoms with Gasteiger partial charge in [0.05, 0.1) is 11.2 Å². The molecule has 0 saturated heterocycles. The average molecular weight is 430 g/mol. The molecule has 2 aromatic carbocycles. The van der Waals surface area contributed by atoms with Crippen molar-refractivity contribution < 1.29 is 13.9 Å². The first-order chi connectivity index (χ1) is 15.6. The fraction of sp³-hybridized carbons (Fsp3) is 0.160. The van der Waals surface area contributed by atoms with E-state index in [2.05, 4.69) is 9.98 Å². The molecule has 0 aliphatic carbocycles. The van der Waals surface area contributed by atoms with Crippen molar-refractivity contribution in [2.45, 2.75) is 18.9 Å². The molecule has 1 aliphatic heterocycles. The minimum atomic E-state index is -0.333. The lowest BCUT2D eigenvalue weighted by Gasteiger charge is -2.22. The van der Waals surface area contributed by atoms with Crippen LogP contribution in [0.3, 0.4) is 0 Å². The van der Waals surface area contributed by atoms with Gasteiger partial charge in [0.2, 0.25) is 0 Å². The maximum absolute atomic E-state index is 13.8. The minimum absolute atomic E-state index is 0.0445. The van der Waals surface area contributed by atoms with Crippen LogP contribution in [-0.2, 0) is 13.7 Å². The standard InChI is InChI=1S/C25H20F2N4O/c1-31-20(14-32)29-25-24(31)22(15-2-6-18(26)7-3-15)21(16-10-12-28-13-11-16)23(30-25)17-4-8-19(27)9-5-17/h2-10,12-13,16,32H,11,14H2,1H3/t16-/m1/s1. The van der Waals surface area contributed by atoms with Crippen molar-refractivity contribution >= 4 is 17.4 Å². The van der Waals surface area contributed by atoms with E-state index in [9.17, 15) is 13.9 Å². The molecule has 1 aliphatic rings. The van der Waals surface area contributed by atoms with Gasteiger partial charge in [0.25, 0.3) is 0 Å². The number of halogens is 2. The summed E-state index contributed by atoms with van der Waals surface area (Å²) in [4.78, 5) is 13.6. The summed E-state index contributed by atoms with van der Waals surface area (Å²) in [6.45, 7) is -0.243. The van der Waals surface area contributed by atoms with Gasteiger partial charge in [-0.25, -0.2) is 18.7 Å². The van der Waals surface area contributed by atoms with Crippen molar-refractivity contribution in [3.05, 3.63) is 83.8 Å². The molecule has 0 radical (unpaired) electrons. The van der Waals surface area contributed by atoms with E-state index in [0.29, 0.717) is 23.6 Å². The Kier molecular flexibility index (Phi) is 5.11. The number of hydrogen-bond donors (Lipinski definition) is 1. The van der Waals surface area contributed by atoms with E-state index >= 15 is 0 Å². The molecule has 32 heavy (non-hydrogen) atoms. The van der Waals surface area contributed by atoms with E-state index < -0.39 is 0 Å². The van der Waals surface area contributed by atoms with Gasteiger partial charge in [0, 0.05) is 36.5 Å². The third-order valence-corrected chi connectivity index (χ3v) is 5.78.